The number of thiophene rings is 1. The molecular weight excluding hydrogens is 1180 g/mol. The molecule has 0 bridgehead atoms. The summed E-state index contributed by atoms with van der Waals surface area (Å²) in [5.41, 5.74) is -0.316. The fraction of sp³-hybridized carbons (Fsp3) is 0.300. The van der Waals surface area contributed by atoms with E-state index in [2.05, 4.69) is 65.7 Å². The van der Waals surface area contributed by atoms with E-state index >= 15 is 0 Å². The van der Waals surface area contributed by atoms with Crippen molar-refractivity contribution in [2.24, 2.45) is 7.05 Å². The number of amides is 6. The first-order valence-corrected chi connectivity index (χ1v) is 28.8. The van der Waals surface area contributed by atoms with Gasteiger partial charge in [-0.05, 0) is 37.4 Å². The number of urea groups is 3. The van der Waals surface area contributed by atoms with Crippen LogP contribution in [0.3, 0.4) is 0 Å². The van der Waals surface area contributed by atoms with Crippen molar-refractivity contribution in [3.05, 3.63) is 64.4 Å². The molecule has 0 aliphatic rings. The Morgan fingerprint density at radius 1 is 0.605 bits per heavy atom. The Labute approximate surface area is 464 Å². The van der Waals surface area contributed by atoms with Gasteiger partial charge < -0.3 is 33.2 Å². The molecule has 0 aliphatic heterocycles. The lowest BCUT2D eigenvalue weighted by Crippen LogP contribution is -2.36. The van der Waals surface area contributed by atoms with Gasteiger partial charge in [-0.25, -0.2) is 60.0 Å². The highest BCUT2D eigenvalue weighted by molar-refractivity contribution is 7.94. The molecule has 6 rings (SSSR count). The number of anilines is 3. The van der Waals surface area contributed by atoms with Crippen LogP contribution in [0.25, 0.3) is 0 Å². The van der Waals surface area contributed by atoms with Crippen LogP contribution in [0, 0.1) is 6.92 Å². The van der Waals surface area contributed by atoms with Crippen molar-refractivity contribution in [2.75, 3.05) is 71.0 Å². The third-order valence-electron chi connectivity index (χ3n) is 9.09. The van der Waals surface area contributed by atoms with Gasteiger partial charge in [-0.3, -0.25) is 20.6 Å². The third kappa shape index (κ3) is 17.6. The number of nitrogens with one attached hydrogen (secondary N) is 6. The number of pyridine rings is 1. The van der Waals surface area contributed by atoms with Gasteiger partial charge in [0.25, 0.3) is 30.1 Å². The summed E-state index contributed by atoms with van der Waals surface area (Å²) in [4.78, 5) is 89.0. The van der Waals surface area contributed by atoms with E-state index in [1.807, 2.05) is 0 Å². The van der Waals surface area contributed by atoms with Crippen molar-refractivity contribution in [3.63, 3.8) is 0 Å². The van der Waals surface area contributed by atoms with E-state index in [0.29, 0.717) is 0 Å². The summed E-state index contributed by atoms with van der Waals surface area (Å²) in [6, 6.07) is 2.68. The predicted octanol–water partition coefficient (Wildman–Crippen LogP) is 0.654. The highest BCUT2D eigenvalue weighted by Crippen LogP contribution is 2.24. The van der Waals surface area contributed by atoms with Crippen molar-refractivity contribution >= 4 is 99.1 Å². The molecule has 6 heterocycles. The zero-order valence-corrected chi connectivity index (χ0v) is 47.8. The fourth-order valence-electron chi connectivity index (χ4n) is 5.66. The molecule has 0 atom stereocenters. The monoisotopic (exact) mass is 1230 g/mol. The molecule has 6 amide bonds. The molecule has 6 aromatic heterocycles. The van der Waals surface area contributed by atoms with Gasteiger partial charge in [0.15, 0.2) is 19.9 Å². The third-order valence-corrected chi connectivity index (χ3v) is 16.1. The van der Waals surface area contributed by atoms with E-state index in [-0.39, 0.29) is 80.9 Å². The quantitative estimate of drug-likeness (QED) is 0.0606. The maximum atomic E-state index is 12.6. The van der Waals surface area contributed by atoms with Crippen LogP contribution in [-0.2, 0) is 56.4 Å². The van der Waals surface area contributed by atoms with Crippen LogP contribution in [-0.4, -0.2) is 168 Å². The van der Waals surface area contributed by atoms with Crippen molar-refractivity contribution in [2.45, 2.75) is 40.6 Å². The molecule has 0 aromatic carbocycles. The van der Waals surface area contributed by atoms with Crippen molar-refractivity contribution < 1.29 is 90.8 Å². The lowest BCUT2D eigenvalue weighted by atomic mass is 10.4. The molecule has 6 aromatic rings. The number of hydrogen-bond acceptors (Lipinski definition) is 30. The zero-order chi connectivity index (χ0) is 60.5. The summed E-state index contributed by atoms with van der Waals surface area (Å²) < 4.78 is 139. The topological polar surface area (TPSA) is 480 Å². The number of aryl methyl sites for hydroxylation is 2. The van der Waals surface area contributed by atoms with Crippen LogP contribution in [0.5, 0.6) is 29.5 Å². The van der Waals surface area contributed by atoms with Gasteiger partial charge in [0.05, 0.1) is 73.3 Å². The minimum absolute atomic E-state index is 0.0378. The molecule has 0 saturated carbocycles. The average molecular weight is 1230 g/mol. The average Bonchev–Trinajstić information content (AvgIpc) is 4.27. The first-order chi connectivity index (χ1) is 38.1. The first kappa shape index (κ1) is 64.3. The van der Waals surface area contributed by atoms with Gasteiger partial charge >= 0.3 is 36.0 Å². The van der Waals surface area contributed by atoms with Gasteiger partial charge in [-0.1, -0.05) is 6.92 Å². The van der Waals surface area contributed by atoms with Gasteiger partial charge in [-0.2, -0.15) is 56.8 Å². The van der Waals surface area contributed by atoms with Gasteiger partial charge in [0, 0.05) is 13.2 Å². The molecule has 0 aliphatic carbocycles. The largest absolute Gasteiger partial charge is 0.481 e. The summed E-state index contributed by atoms with van der Waals surface area (Å²) >= 11 is 0.872. The molecule has 41 heteroatoms. The summed E-state index contributed by atoms with van der Waals surface area (Å²) in [5, 5.41) is 10.2. The minimum atomic E-state index is -4.61. The Bertz CT molecular complexity index is 3710. The molecule has 438 valence electrons. The molecule has 0 fully saturated rings. The molecule has 36 nitrogen and oxygen atoms in total. The van der Waals surface area contributed by atoms with Crippen LogP contribution in [0.1, 0.15) is 39.7 Å². The van der Waals surface area contributed by atoms with Crippen LogP contribution < -0.4 is 53.8 Å². The van der Waals surface area contributed by atoms with E-state index in [1.54, 1.807) is 21.1 Å². The number of sulfone groups is 1. The molecule has 0 unspecified atom stereocenters. The number of nitrogens with zero attached hydrogens (tertiary/aromatic N) is 10. The predicted molar refractivity (Wildman–Crippen MR) is 276 cm³/mol. The lowest BCUT2D eigenvalue weighted by molar-refractivity contribution is 0.0520. The standard InChI is InChI=1S/C14H18N6O7S.C14H17N5O7S2.C12H13N5O6S2/c1-5-27-12(21)8-7-15-20(2)11(8)28(23,24)19-14(22)18-13-16-9(25-3)6-10(17-13)26-4;1-4-27(21,22)9-6-5-7-15-12(9)28(23,24)19-14(20)18-13-16-10(25-2)8-11(17-13)26-3;1-6-13-10(16-12(14-6)23-3)15-11(19)17-25(20,21)7-4-5-24-8(7)9(18)22-2/h6-7H,5H2,1-4H3,(H2,16,17,18,19,22);5-8H,4H2,1-3H3,(H2,16,17,18,19,20);4-5H,1-3H3,(H2,13,14,15,16,17,19). The van der Waals surface area contributed by atoms with Crippen LogP contribution in [0.4, 0.5) is 32.2 Å². The Balaban J connectivity index is 0.000000262. The zero-order valence-electron chi connectivity index (χ0n) is 43.7. The number of carbonyl (C=O) groups excluding carboxylic acids is 5. The number of carbonyl (C=O) groups is 5. The van der Waals surface area contributed by atoms with E-state index in [9.17, 15) is 57.6 Å². The number of hydrogen-bond donors (Lipinski definition) is 6. The van der Waals surface area contributed by atoms with Crippen LogP contribution >= 0.6 is 11.3 Å². The second-order valence-electron chi connectivity index (χ2n) is 14.4. The summed E-state index contributed by atoms with van der Waals surface area (Å²) in [6.45, 7) is 4.50. The van der Waals surface area contributed by atoms with Gasteiger partial charge in [0.1, 0.15) is 26.1 Å². The Morgan fingerprint density at radius 2 is 1.10 bits per heavy atom. The highest BCUT2D eigenvalue weighted by atomic mass is 32.2. The Kier molecular flexibility index (Phi) is 22.3. The first-order valence-electron chi connectivity index (χ1n) is 21.9. The molecule has 0 radical (unpaired) electrons. The van der Waals surface area contributed by atoms with Gasteiger partial charge in [0.2, 0.25) is 41.4 Å². The fourth-order valence-corrected chi connectivity index (χ4v) is 11.7. The normalized spacial score (nSPS) is 11.1. The smallest absolute Gasteiger partial charge is 0.349 e. The Morgan fingerprint density at radius 3 is 1.57 bits per heavy atom. The van der Waals surface area contributed by atoms with Crippen LogP contribution in [0.15, 0.2) is 67.9 Å². The lowest BCUT2D eigenvalue weighted by Gasteiger charge is -2.11. The molecule has 0 spiro atoms. The van der Waals surface area contributed by atoms with E-state index in [1.165, 1.54) is 86.1 Å². The number of aromatic nitrogens is 10. The maximum Gasteiger partial charge on any atom is 0.349 e. The van der Waals surface area contributed by atoms with E-state index in [0.717, 1.165) is 41.6 Å². The van der Waals surface area contributed by atoms with Crippen molar-refractivity contribution in [3.8, 4) is 29.5 Å². The second kappa shape index (κ2) is 28.1. The SMILES string of the molecule is CCOC(=O)c1cnn(C)c1S(=O)(=O)NC(=O)Nc1nc(OC)cc(OC)n1.CCS(=O)(=O)c1cccnc1S(=O)(=O)NC(=O)Nc1nc(OC)cc(OC)n1.COC(=O)c1sccc1S(=O)(=O)NC(=O)Nc1nc(C)nc(OC)n1. The summed E-state index contributed by atoms with van der Waals surface area (Å²) in [7, 11) is -8.19. The Hall–Kier alpha value is -9.22. The minimum Gasteiger partial charge on any atom is -0.481 e. The summed E-state index contributed by atoms with van der Waals surface area (Å²) in [5.74, 6) is -2.27. The maximum absolute atomic E-state index is 12.6. The summed E-state index contributed by atoms with van der Waals surface area (Å²) in [6.07, 6.45) is 2.12. The van der Waals surface area contributed by atoms with Crippen molar-refractivity contribution in [1.29, 1.82) is 0 Å². The molecular formula is C40H48N16O20S5. The number of sulfonamides is 3. The number of rotatable bonds is 19. The highest BCUT2D eigenvalue weighted by Gasteiger charge is 2.32. The second-order valence-corrected chi connectivity index (χ2v) is 22.5. The number of ether oxygens (including phenoxy) is 7. The van der Waals surface area contributed by atoms with Gasteiger partial charge in [-0.15, -0.1) is 11.3 Å². The van der Waals surface area contributed by atoms with E-state index in [4.69, 9.17) is 28.4 Å². The van der Waals surface area contributed by atoms with E-state index < -0.39 is 84.9 Å². The number of esters is 2. The molecule has 81 heavy (non-hydrogen) atoms. The van der Waals surface area contributed by atoms with Crippen LogP contribution in [0.2, 0.25) is 0 Å². The molecule has 6 N–H and O–H groups in total. The van der Waals surface area contributed by atoms with Crippen molar-refractivity contribution in [1.82, 2.24) is 63.8 Å². The number of methoxy groups -OCH3 is 6. The molecule has 0 saturated heterocycles.